The first-order valence-electron chi connectivity index (χ1n) is 8.09. The maximum absolute atomic E-state index is 13.7. The van der Waals surface area contributed by atoms with Crippen molar-refractivity contribution < 1.29 is 22.7 Å². The van der Waals surface area contributed by atoms with Gasteiger partial charge in [-0.25, -0.2) is 12.8 Å². The van der Waals surface area contributed by atoms with Crippen LogP contribution in [0.3, 0.4) is 0 Å². The lowest BCUT2D eigenvalue weighted by Gasteiger charge is -2.47. The van der Waals surface area contributed by atoms with E-state index in [0.717, 1.165) is 6.07 Å². The third-order valence-electron chi connectivity index (χ3n) is 4.48. The predicted octanol–water partition coefficient (Wildman–Crippen LogP) is 3.07. The zero-order chi connectivity index (χ0) is 20.5. The van der Waals surface area contributed by atoms with Crippen LogP contribution < -0.4 is 4.74 Å². The van der Waals surface area contributed by atoms with Gasteiger partial charge in [-0.1, -0.05) is 23.2 Å². The van der Waals surface area contributed by atoms with Crippen LogP contribution in [0.4, 0.5) is 4.39 Å². The van der Waals surface area contributed by atoms with E-state index in [-0.39, 0.29) is 47.5 Å². The molecule has 1 aliphatic rings. The van der Waals surface area contributed by atoms with Crippen LogP contribution in [0.25, 0.3) is 0 Å². The van der Waals surface area contributed by atoms with Gasteiger partial charge in [-0.05, 0) is 30.3 Å². The number of nitriles is 1. The predicted molar refractivity (Wildman–Crippen MR) is 101 cm³/mol. The summed E-state index contributed by atoms with van der Waals surface area (Å²) in [7, 11) is -3.85. The van der Waals surface area contributed by atoms with Gasteiger partial charge < -0.3 is 9.84 Å². The van der Waals surface area contributed by atoms with Crippen molar-refractivity contribution in [3.63, 3.8) is 0 Å². The molecule has 0 unspecified atom stereocenters. The fraction of sp³-hybridized carbons (Fsp3) is 0.278. The number of halogens is 3. The van der Waals surface area contributed by atoms with Crippen molar-refractivity contribution in [1.29, 1.82) is 5.26 Å². The van der Waals surface area contributed by atoms with Crippen molar-refractivity contribution in [2.24, 2.45) is 5.41 Å². The van der Waals surface area contributed by atoms with Crippen LogP contribution in [-0.2, 0) is 10.0 Å². The molecule has 10 heteroatoms. The summed E-state index contributed by atoms with van der Waals surface area (Å²) in [6, 6.07) is 9.62. The van der Waals surface area contributed by atoms with Gasteiger partial charge in [-0.15, -0.1) is 0 Å². The van der Waals surface area contributed by atoms with E-state index in [2.05, 4.69) is 0 Å². The number of rotatable bonds is 6. The smallest absolute Gasteiger partial charge is 0.244 e. The lowest BCUT2D eigenvalue weighted by Crippen LogP contribution is -2.62. The topological polar surface area (TPSA) is 90.6 Å². The van der Waals surface area contributed by atoms with Crippen molar-refractivity contribution in [2.75, 3.05) is 26.3 Å². The maximum Gasteiger partial charge on any atom is 0.244 e. The van der Waals surface area contributed by atoms with E-state index in [0.29, 0.717) is 5.02 Å². The molecule has 6 nitrogen and oxygen atoms in total. The van der Waals surface area contributed by atoms with Gasteiger partial charge in [0, 0.05) is 24.2 Å². The summed E-state index contributed by atoms with van der Waals surface area (Å²) in [6.45, 7) is -0.297. The monoisotopic (exact) mass is 444 g/mol. The van der Waals surface area contributed by atoms with E-state index in [9.17, 15) is 17.9 Å². The number of aliphatic hydroxyl groups excluding tert-OH is 1. The molecule has 2 aromatic carbocycles. The molecule has 0 aliphatic carbocycles. The Bertz CT molecular complexity index is 1050. The Labute approximate surface area is 171 Å². The van der Waals surface area contributed by atoms with Crippen LogP contribution in [0.15, 0.2) is 41.3 Å². The summed E-state index contributed by atoms with van der Waals surface area (Å²) in [4.78, 5) is -0.0693. The Morgan fingerprint density at radius 1 is 1.25 bits per heavy atom. The van der Waals surface area contributed by atoms with Gasteiger partial charge in [0.15, 0.2) is 0 Å². The van der Waals surface area contributed by atoms with Crippen molar-refractivity contribution in [3.8, 4) is 11.8 Å². The second kappa shape index (κ2) is 7.85. The van der Waals surface area contributed by atoms with Gasteiger partial charge in [0.25, 0.3) is 0 Å². The first kappa shape index (κ1) is 20.8. The highest BCUT2D eigenvalue weighted by Crippen LogP contribution is 2.37. The molecule has 0 aromatic heterocycles. The molecule has 28 heavy (non-hydrogen) atoms. The fourth-order valence-electron chi connectivity index (χ4n) is 2.84. The van der Waals surface area contributed by atoms with E-state index in [1.165, 1.54) is 34.6 Å². The summed E-state index contributed by atoms with van der Waals surface area (Å²) < 4.78 is 45.8. The lowest BCUT2D eigenvalue weighted by molar-refractivity contribution is -0.0273. The van der Waals surface area contributed by atoms with Crippen LogP contribution >= 0.6 is 23.2 Å². The van der Waals surface area contributed by atoms with Crippen molar-refractivity contribution in [2.45, 2.75) is 4.90 Å². The number of nitrogens with zero attached hydrogens (tertiary/aromatic N) is 2. The van der Waals surface area contributed by atoms with Crippen LogP contribution in [0.2, 0.25) is 10.0 Å². The summed E-state index contributed by atoms with van der Waals surface area (Å²) in [5.41, 5.74) is -0.930. The Balaban J connectivity index is 1.69. The van der Waals surface area contributed by atoms with E-state index in [4.69, 9.17) is 33.2 Å². The van der Waals surface area contributed by atoms with Crippen LogP contribution in [0, 0.1) is 22.6 Å². The molecule has 0 spiro atoms. The number of hydrogen-bond acceptors (Lipinski definition) is 5. The number of ether oxygens (including phenoxy) is 1. The highest BCUT2D eigenvalue weighted by molar-refractivity contribution is 7.89. The standard InChI is InChI=1S/C18H15Cl2FN2O4S/c19-13-2-4-17(15(20)5-13)28(25,26)23-8-18(9-23,10-24)11-27-14-3-1-12(7-22)16(21)6-14/h1-6,24H,8-11H2. The average molecular weight is 445 g/mol. The van der Waals surface area contributed by atoms with Crippen molar-refractivity contribution in [1.82, 2.24) is 4.31 Å². The second-order valence-electron chi connectivity index (χ2n) is 6.55. The van der Waals surface area contributed by atoms with Gasteiger partial charge in [0.2, 0.25) is 10.0 Å². The first-order valence-corrected chi connectivity index (χ1v) is 10.3. The highest BCUT2D eigenvalue weighted by Gasteiger charge is 2.49. The SMILES string of the molecule is N#Cc1ccc(OCC2(CO)CN(S(=O)(=O)c3ccc(Cl)cc3Cl)C2)cc1F. The molecule has 0 saturated carbocycles. The Kier molecular flexibility index (Phi) is 5.84. The molecule has 0 atom stereocenters. The van der Waals surface area contributed by atoms with Gasteiger partial charge in [-0.2, -0.15) is 9.57 Å². The summed E-state index contributed by atoms with van der Waals surface area (Å²) in [5, 5.41) is 18.8. The van der Waals surface area contributed by atoms with E-state index >= 15 is 0 Å². The number of hydrogen-bond donors (Lipinski definition) is 1. The molecule has 3 rings (SSSR count). The van der Waals surface area contributed by atoms with E-state index in [1.54, 1.807) is 6.07 Å². The third-order valence-corrected chi connectivity index (χ3v) is 6.99. The normalized spacial score (nSPS) is 16.2. The van der Waals surface area contributed by atoms with Gasteiger partial charge >= 0.3 is 0 Å². The number of sulfonamides is 1. The summed E-state index contributed by atoms with van der Waals surface area (Å²) in [5.74, 6) is -0.528. The van der Waals surface area contributed by atoms with Crippen LogP contribution in [0.1, 0.15) is 5.56 Å². The molecule has 1 heterocycles. The molecule has 0 amide bonds. The van der Waals surface area contributed by atoms with Gasteiger partial charge in [0.1, 0.15) is 22.5 Å². The zero-order valence-electron chi connectivity index (χ0n) is 14.4. The minimum atomic E-state index is -3.85. The van der Waals surface area contributed by atoms with Crippen molar-refractivity contribution >= 4 is 33.2 Å². The molecule has 1 N–H and O–H groups in total. The lowest BCUT2D eigenvalue weighted by atomic mass is 9.83. The molecule has 0 bridgehead atoms. The highest BCUT2D eigenvalue weighted by atomic mass is 35.5. The Morgan fingerprint density at radius 2 is 1.96 bits per heavy atom. The first-order chi connectivity index (χ1) is 13.2. The summed E-state index contributed by atoms with van der Waals surface area (Å²) >= 11 is 11.8. The molecule has 0 radical (unpaired) electrons. The molecular weight excluding hydrogens is 430 g/mol. The maximum atomic E-state index is 13.7. The minimum Gasteiger partial charge on any atom is -0.493 e. The number of benzene rings is 2. The quantitative estimate of drug-likeness (QED) is 0.738. The third kappa shape index (κ3) is 3.95. The zero-order valence-corrected chi connectivity index (χ0v) is 16.7. The second-order valence-corrected chi connectivity index (χ2v) is 9.30. The van der Waals surface area contributed by atoms with E-state index < -0.39 is 21.3 Å². The van der Waals surface area contributed by atoms with Crippen LogP contribution in [-0.4, -0.2) is 44.1 Å². The molecular formula is C18H15Cl2FN2O4S. The molecule has 1 saturated heterocycles. The van der Waals surface area contributed by atoms with Gasteiger partial charge in [-0.3, -0.25) is 0 Å². The molecule has 1 aliphatic heterocycles. The minimum absolute atomic E-state index is 0.0123. The largest absolute Gasteiger partial charge is 0.493 e. The Morgan fingerprint density at radius 3 is 2.54 bits per heavy atom. The Hall–Kier alpha value is -1.89. The molecule has 1 fully saturated rings. The molecule has 2 aromatic rings. The molecule has 148 valence electrons. The van der Waals surface area contributed by atoms with E-state index in [1.807, 2.05) is 0 Å². The average Bonchev–Trinajstić information content (AvgIpc) is 2.60. The fourth-order valence-corrected chi connectivity index (χ4v) is 5.26. The van der Waals surface area contributed by atoms with Crippen LogP contribution in [0.5, 0.6) is 5.75 Å². The summed E-state index contributed by atoms with van der Waals surface area (Å²) in [6.07, 6.45) is 0. The number of aliphatic hydroxyl groups is 1. The van der Waals surface area contributed by atoms with Gasteiger partial charge in [0.05, 0.1) is 29.2 Å². The van der Waals surface area contributed by atoms with Crippen molar-refractivity contribution in [3.05, 3.63) is 57.8 Å².